The molecule has 1 aromatic rings. The molecule has 2 aliphatic heterocycles. The van der Waals surface area contributed by atoms with Gasteiger partial charge in [-0.25, -0.2) is 0 Å². The zero-order chi connectivity index (χ0) is 11.9. The summed E-state index contributed by atoms with van der Waals surface area (Å²) < 4.78 is 5.92. The van der Waals surface area contributed by atoms with Crippen LogP contribution in [0.25, 0.3) is 0 Å². The molecule has 1 unspecified atom stereocenters. The summed E-state index contributed by atoms with van der Waals surface area (Å²) in [4.78, 5) is 2.59. The largest absolute Gasteiger partial charge is 0.376 e. The molecule has 2 heterocycles. The van der Waals surface area contributed by atoms with Gasteiger partial charge in [0.15, 0.2) is 0 Å². The van der Waals surface area contributed by atoms with E-state index in [-0.39, 0.29) is 5.54 Å². The zero-order valence-corrected chi connectivity index (χ0v) is 10.8. The number of hydrogen-bond donors (Lipinski definition) is 0. The van der Waals surface area contributed by atoms with Crippen LogP contribution in [0.15, 0.2) is 24.3 Å². The van der Waals surface area contributed by atoms with Crippen LogP contribution in [0.3, 0.4) is 0 Å². The molecule has 17 heavy (non-hydrogen) atoms. The van der Waals surface area contributed by atoms with Crippen LogP contribution in [-0.4, -0.2) is 24.8 Å². The standard InChI is InChI=1S/C15H21NO/c1-12(2)17-11-15-8-5-9-16(15)14-7-4-3-6-13(14)10-15/h3-4,6-7,12H,5,8-11H2,1-2H3. The van der Waals surface area contributed by atoms with Crippen molar-refractivity contribution in [2.75, 3.05) is 18.1 Å². The molecule has 2 heteroatoms. The minimum absolute atomic E-state index is 0.258. The first-order chi connectivity index (χ1) is 8.21. The lowest BCUT2D eigenvalue weighted by Crippen LogP contribution is -2.46. The van der Waals surface area contributed by atoms with Crippen molar-refractivity contribution >= 4 is 5.69 Å². The van der Waals surface area contributed by atoms with E-state index in [1.54, 1.807) is 0 Å². The lowest BCUT2D eigenvalue weighted by atomic mass is 9.93. The van der Waals surface area contributed by atoms with Gasteiger partial charge in [0.2, 0.25) is 0 Å². The van der Waals surface area contributed by atoms with Crippen LogP contribution in [-0.2, 0) is 11.2 Å². The molecule has 3 rings (SSSR count). The highest BCUT2D eigenvalue weighted by Gasteiger charge is 2.46. The molecular formula is C15H21NO. The number of rotatable bonds is 3. The van der Waals surface area contributed by atoms with E-state index in [1.165, 1.54) is 30.6 Å². The van der Waals surface area contributed by atoms with E-state index < -0.39 is 0 Å². The van der Waals surface area contributed by atoms with Gasteiger partial charge in [-0.2, -0.15) is 0 Å². The molecule has 0 saturated carbocycles. The average Bonchev–Trinajstić information content (AvgIpc) is 2.82. The van der Waals surface area contributed by atoms with Crippen LogP contribution in [0.2, 0.25) is 0 Å². The smallest absolute Gasteiger partial charge is 0.0705 e. The Bertz CT molecular complexity index is 415. The van der Waals surface area contributed by atoms with Crippen molar-refractivity contribution < 1.29 is 4.74 Å². The van der Waals surface area contributed by atoms with Crippen LogP contribution in [0, 0.1) is 0 Å². The van der Waals surface area contributed by atoms with E-state index in [2.05, 4.69) is 43.0 Å². The Balaban J connectivity index is 1.87. The van der Waals surface area contributed by atoms with Gasteiger partial charge in [0.1, 0.15) is 0 Å². The van der Waals surface area contributed by atoms with Gasteiger partial charge < -0.3 is 9.64 Å². The highest BCUT2D eigenvalue weighted by atomic mass is 16.5. The predicted molar refractivity (Wildman–Crippen MR) is 70.5 cm³/mol. The van der Waals surface area contributed by atoms with Gasteiger partial charge in [0.05, 0.1) is 18.2 Å². The van der Waals surface area contributed by atoms with Gasteiger partial charge in [0.25, 0.3) is 0 Å². The van der Waals surface area contributed by atoms with Crippen LogP contribution in [0.5, 0.6) is 0 Å². The van der Waals surface area contributed by atoms with E-state index in [0.717, 1.165) is 13.0 Å². The van der Waals surface area contributed by atoms with E-state index in [4.69, 9.17) is 4.74 Å². The molecule has 1 aromatic carbocycles. The number of para-hydroxylation sites is 1. The number of ether oxygens (including phenoxy) is 1. The molecule has 0 amide bonds. The Labute approximate surface area is 104 Å². The Morgan fingerprint density at radius 3 is 3.00 bits per heavy atom. The zero-order valence-electron chi connectivity index (χ0n) is 10.8. The Morgan fingerprint density at radius 1 is 1.35 bits per heavy atom. The van der Waals surface area contributed by atoms with Crippen LogP contribution in [0.4, 0.5) is 5.69 Å². The monoisotopic (exact) mass is 231 g/mol. The minimum atomic E-state index is 0.258. The van der Waals surface area contributed by atoms with E-state index in [1.807, 2.05) is 0 Å². The van der Waals surface area contributed by atoms with E-state index in [9.17, 15) is 0 Å². The van der Waals surface area contributed by atoms with Crippen LogP contribution < -0.4 is 4.90 Å². The van der Waals surface area contributed by atoms with E-state index >= 15 is 0 Å². The molecule has 1 atom stereocenters. The molecule has 0 aliphatic carbocycles. The summed E-state index contributed by atoms with van der Waals surface area (Å²) in [6.45, 7) is 6.31. The third kappa shape index (κ3) is 1.75. The Morgan fingerprint density at radius 2 is 2.18 bits per heavy atom. The summed E-state index contributed by atoms with van der Waals surface area (Å²) in [6.07, 6.45) is 4.07. The second-order valence-electron chi connectivity index (χ2n) is 5.64. The molecule has 0 spiro atoms. The number of hydrogen-bond acceptors (Lipinski definition) is 2. The quantitative estimate of drug-likeness (QED) is 0.793. The molecule has 0 aromatic heterocycles. The minimum Gasteiger partial charge on any atom is -0.376 e. The third-order valence-corrected chi connectivity index (χ3v) is 4.08. The van der Waals surface area contributed by atoms with Crippen molar-refractivity contribution in [3.8, 4) is 0 Å². The summed E-state index contributed by atoms with van der Waals surface area (Å²) in [5.74, 6) is 0. The van der Waals surface area contributed by atoms with Crippen molar-refractivity contribution in [3.63, 3.8) is 0 Å². The summed E-state index contributed by atoms with van der Waals surface area (Å²) in [5.41, 5.74) is 3.20. The summed E-state index contributed by atoms with van der Waals surface area (Å²) in [5, 5.41) is 0. The number of fused-ring (bicyclic) bond motifs is 3. The normalized spacial score (nSPS) is 26.4. The highest BCUT2D eigenvalue weighted by molar-refractivity contribution is 5.62. The third-order valence-electron chi connectivity index (χ3n) is 4.08. The number of nitrogens with zero attached hydrogens (tertiary/aromatic N) is 1. The van der Waals surface area contributed by atoms with Crippen molar-refractivity contribution in [2.45, 2.75) is 44.8 Å². The SMILES string of the molecule is CC(C)OCC12CCCN1c1ccccc1C2. The molecular weight excluding hydrogens is 210 g/mol. The summed E-state index contributed by atoms with van der Waals surface area (Å²) in [6, 6.07) is 8.83. The fraction of sp³-hybridized carbons (Fsp3) is 0.600. The lowest BCUT2D eigenvalue weighted by Gasteiger charge is -2.34. The van der Waals surface area contributed by atoms with Gasteiger partial charge in [-0.1, -0.05) is 18.2 Å². The lowest BCUT2D eigenvalue weighted by molar-refractivity contribution is 0.0432. The van der Waals surface area contributed by atoms with Gasteiger partial charge >= 0.3 is 0 Å². The predicted octanol–water partition coefficient (Wildman–Crippen LogP) is 3.01. The fourth-order valence-corrected chi connectivity index (χ4v) is 3.30. The molecule has 2 nitrogen and oxygen atoms in total. The fourth-order valence-electron chi connectivity index (χ4n) is 3.30. The van der Waals surface area contributed by atoms with Crippen molar-refractivity contribution in [1.82, 2.24) is 0 Å². The summed E-state index contributed by atoms with van der Waals surface area (Å²) in [7, 11) is 0. The van der Waals surface area contributed by atoms with Gasteiger partial charge in [-0.15, -0.1) is 0 Å². The first-order valence-electron chi connectivity index (χ1n) is 6.68. The maximum absolute atomic E-state index is 5.92. The Kier molecular flexibility index (Phi) is 2.62. The summed E-state index contributed by atoms with van der Waals surface area (Å²) >= 11 is 0. The van der Waals surface area contributed by atoms with Crippen molar-refractivity contribution in [1.29, 1.82) is 0 Å². The first kappa shape index (κ1) is 11.1. The highest BCUT2D eigenvalue weighted by Crippen LogP contribution is 2.45. The molecule has 2 aliphatic rings. The van der Waals surface area contributed by atoms with Crippen molar-refractivity contribution in [2.24, 2.45) is 0 Å². The van der Waals surface area contributed by atoms with Gasteiger partial charge in [-0.3, -0.25) is 0 Å². The molecule has 0 N–H and O–H groups in total. The second-order valence-corrected chi connectivity index (χ2v) is 5.64. The average molecular weight is 231 g/mol. The molecule has 0 radical (unpaired) electrons. The van der Waals surface area contributed by atoms with Crippen LogP contribution >= 0.6 is 0 Å². The molecule has 92 valence electrons. The number of anilines is 1. The van der Waals surface area contributed by atoms with Crippen molar-refractivity contribution in [3.05, 3.63) is 29.8 Å². The first-order valence-corrected chi connectivity index (χ1v) is 6.68. The molecule has 1 saturated heterocycles. The maximum Gasteiger partial charge on any atom is 0.0705 e. The Hall–Kier alpha value is -1.02. The van der Waals surface area contributed by atoms with Crippen LogP contribution in [0.1, 0.15) is 32.3 Å². The second kappa shape index (κ2) is 4.02. The number of benzene rings is 1. The van der Waals surface area contributed by atoms with Gasteiger partial charge in [-0.05, 0) is 44.7 Å². The van der Waals surface area contributed by atoms with Gasteiger partial charge in [0, 0.05) is 12.2 Å². The maximum atomic E-state index is 5.92. The molecule has 0 bridgehead atoms. The molecule has 1 fully saturated rings. The van der Waals surface area contributed by atoms with E-state index in [0.29, 0.717) is 6.10 Å². The topological polar surface area (TPSA) is 12.5 Å².